The fourth-order valence-corrected chi connectivity index (χ4v) is 4.15. The molecular formula is C15H19NO3S2. The van der Waals surface area contributed by atoms with Crippen LogP contribution < -0.4 is 4.72 Å². The van der Waals surface area contributed by atoms with Gasteiger partial charge in [-0.3, -0.25) is 0 Å². The highest BCUT2D eigenvalue weighted by molar-refractivity contribution is 7.89. The second kappa shape index (κ2) is 6.70. The normalized spacial score (nSPS) is 13.3. The van der Waals surface area contributed by atoms with E-state index in [-0.39, 0.29) is 6.54 Å². The maximum atomic E-state index is 12.2. The number of aliphatic hydroxyl groups excluding tert-OH is 1. The van der Waals surface area contributed by atoms with Crippen molar-refractivity contribution >= 4 is 21.4 Å². The Hall–Kier alpha value is -1.21. The molecule has 1 aromatic carbocycles. The number of thiophene rings is 1. The highest BCUT2D eigenvalue weighted by atomic mass is 32.2. The predicted octanol–water partition coefficient (Wildman–Crippen LogP) is 2.77. The number of hydrogen-bond donors (Lipinski definition) is 2. The lowest BCUT2D eigenvalue weighted by atomic mass is 10.2. The summed E-state index contributed by atoms with van der Waals surface area (Å²) in [7, 11) is -3.53. The minimum atomic E-state index is -3.53. The summed E-state index contributed by atoms with van der Waals surface area (Å²) in [5, 5.41) is 11.8. The summed E-state index contributed by atoms with van der Waals surface area (Å²) in [4.78, 5) is 1.14. The largest absolute Gasteiger partial charge is 0.388 e. The zero-order valence-corrected chi connectivity index (χ0v) is 13.7. The molecule has 0 saturated carbocycles. The fraction of sp³-hybridized carbons (Fsp3) is 0.333. The third kappa shape index (κ3) is 4.14. The lowest BCUT2D eigenvalue weighted by Crippen LogP contribution is -2.26. The van der Waals surface area contributed by atoms with Crippen LogP contribution in [0.15, 0.2) is 40.6 Å². The van der Waals surface area contributed by atoms with Gasteiger partial charge in [0.2, 0.25) is 10.0 Å². The molecule has 0 aliphatic carbocycles. The Morgan fingerprint density at radius 3 is 2.67 bits per heavy atom. The molecule has 0 bridgehead atoms. The van der Waals surface area contributed by atoms with E-state index in [2.05, 4.69) is 4.72 Å². The van der Waals surface area contributed by atoms with Gasteiger partial charge < -0.3 is 5.11 Å². The van der Waals surface area contributed by atoms with E-state index >= 15 is 0 Å². The van der Waals surface area contributed by atoms with Gasteiger partial charge in [-0.25, -0.2) is 13.1 Å². The number of sulfonamides is 1. The van der Waals surface area contributed by atoms with Gasteiger partial charge in [-0.15, -0.1) is 11.3 Å². The smallest absolute Gasteiger partial charge is 0.240 e. The van der Waals surface area contributed by atoms with E-state index in [0.717, 1.165) is 16.0 Å². The third-order valence-corrected chi connectivity index (χ3v) is 5.80. The number of benzene rings is 1. The van der Waals surface area contributed by atoms with Crippen molar-refractivity contribution in [1.29, 1.82) is 0 Å². The summed E-state index contributed by atoms with van der Waals surface area (Å²) in [5.74, 6) is 0. The average molecular weight is 325 g/mol. The molecule has 1 atom stereocenters. The molecule has 114 valence electrons. The predicted molar refractivity (Wildman–Crippen MR) is 85.0 cm³/mol. The maximum Gasteiger partial charge on any atom is 0.240 e. The molecule has 0 saturated heterocycles. The standard InChI is InChI=1S/C15H19NO3S2/c1-11-5-6-15(12(2)10-11)21(18,19)16-8-7-13(17)14-4-3-9-20-14/h3-6,9-10,13,16-17H,7-8H2,1-2H3. The summed E-state index contributed by atoms with van der Waals surface area (Å²) in [6, 6.07) is 8.94. The Labute approximate surface area is 129 Å². The van der Waals surface area contributed by atoms with Crippen LogP contribution in [0.2, 0.25) is 0 Å². The fourth-order valence-electron chi connectivity index (χ4n) is 2.13. The maximum absolute atomic E-state index is 12.2. The Morgan fingerprint density at radius 1 is 1.29 bits per heavy atom. The molecule has 6 heteroatoms. The van der Waals surface area contributed by atoms with Crippen molar-refractivity contribution in [2.75, 3.05) is 6.54 Å². The zero-order chi connectivity index (χ0) is 15.5. The van der Waals surface area contributed by atoms with E-state index in [9.17, 15) is 13.5 Å². The first kappa shape index (κ1) is 16.2. The SMILES string of the molecule is Cc1ccc(S(=O)(=O)NCCC(O)c2cccs2)c(C)c1. The Balaban J connectivity index is 1.98. The minimum absolute atomic E-state index is 0.203. The van der Waals surface area contributed by atoms with Crippen LogP contribution >= 0.6 is 11.3 Å². The molecule has 2 aromatic rings. The second-order valence-corrected chi connectivity index (χ2v) is 7.70. The van der Waals surface area contributed by atoms with Crippen LogP contribution in [0.3, 0.4) is 0 Å². The number of aryl methyl sites for hydroxylation is 2. The van der Waals surface area contributed by atoms with Crippen LogP contribution in [0.25, 0.3) is 0 Å². The quantitative estimate of drug-likeness (QED) is 0.858. The van der Waals surface area contributed by atoms with Gasteiger partial charge in [0.05, 0.1) is 11.0 Å². The molecule has 0 fully saturated rings. The molecule has 2 N–H and O–H groups in total. The summed E-state index contributed by atoms with van der Waals surface area (Å²) in [6.07, 6.45) is -0.281. The van der Waals surface area contributed by atoms with Crippen molar-refractivity contribution in [1.82, 2.24) is 4.72 Å². The Bertz CT molecular complexity index is 694. The Kier molecular flexibility index (Phi) is 5.16. The van der Waals surface area contributed by atoms with Crippen molar-refractivity contribution in [2.45, 2.75) is 31.3 Å². The van der Waals surface area contributed by atoms with E-state index in [4.69, 9.17) is 0 Å². The van der Waals surface area contributed by atoms with Crippen molar-refractivity contribution in [3.8, 4) is 0 Å². The molecule has 0 amide bonds. The molecule has 0 aliphatic rings. The van der Waals surface area contributed by atoms with E-state index in [1.165, 1.54) is 11.3 Å². The monoisotopic (exact) mass is 325 g/mol. The molecular weight excluding hydrogens is 306 g/mol. The van der Waals surface area contributed by atoms with Crippen molar-refractivity contribution in [3.63, 3.8) is 0 Å². The van der Waals surface area contributed by atoms with Crippen molar-refractivity contribution in [2.24, 2.45) is 0 Å². The topological polar surface area (TPSA) is 66.4 Å². The van der Waals surface area contributed by atoms with Gasteiger partial charge in [-0.2, -0.15) is 0 Å². The van der Waals surface area contributed by atoms with Crippen molar-refractivity contribution in [3.05, 3.63) is 51.7 Å². The summed E-state index contributed by atoms with van der Waals surface area (Å²) >= 11 is 1.46. The number of rotatable bonds is 6. The average Bonchev–Trinajstić information content (AvgIpc) is 2.91. The van der Waals surface area contributed by atoms with Gasteiger partial charge in [-0.05, 0) is 43.3 Å². The lowest BCUT2D eigenvalue weighted by Gasteiger charge is -2.12. The summed E-state index contributed by atoms with van der Waals surface area (Å²) < 4.78 is 27.0. The van der Waals surface area contributed by atoms with Gasteiger partial charge in [0.1, 0.15) is 0 Å². The molecule has 4 nitrogen and oxygen atoms in total. The van der Waals surface area contributed by atoms with Crippen LogP contribution in [0.5, 0.6) is 0 Å². The van der Waals surface area contributed by atoms with Gasteiger partial charge in [0.15, 0.2) is 0 Å². The van der Waals surface area contributed by atoms with Gasteiger partial charge in [0.25, 0.3) is 0 Å². The highest BCUT2D eigenvalue weighted by Crippen LogP contribution is 2.21. The van der Waals surface area contributed by atoms with E-state index in [1.807, 2.05) is 30.5 Å². The lowest BCUT2D eigenvalue weighted by molar-refractivity contribution is 0.173. The first-order valence-corrected chi connectivity index (χ1v) is 9.05. The van der Waals surface area contributed by atoms with Crippen molar-refractivity contribution < 1.29 is 13.5 Å². The molecule has 2 rings (SSSR count). The van der Waals surface area contributed by atoms with E-state index in [0.29, 0.717) is 11.3 Å². The summed E-state index contributed by atoms with van der Waals surface area (Å²) in [5.41, 5.74) is 1.75. The number of nitrogens with one attached hydrogen (secondary N) is 1. The van der Waals surface area contributed by atoms with Crippen LogP contribution in [-0.2, 0) is 10.0 Å². The molecule has 21 heavy (non-hydrogen) atoms. The van der Waals surface area contributed by atoms with Crippen LogP contribution in [-0.4, -0.2) is 20.1 Å². The number of aliphatic hydroxyl groups is 1. The molecule has 0 radical (unpaired) electrons. The first-order valence-electron chi connectivity index (χ1n) is 6.68. The van der Waals surface area contributed by atoms with Gasteiger partial charge in [-0.1, -0.05) is 23.8 Å². The molecule has 1 aromatic heterocycles. The van der Waals surface area contributed by atoms with E-state index in [1.54, 1.807) is 19.1 Å². The molecule has 0 spiro atoms. The van der Waals surface area contributed by atoms with E-state index < -0.39 is 16.1 Å². The number of hydrogen-bond acceptors (Lipinski definition) is 4. The highest BCUT2D eigenvalue weighted by Gasteiger charge is 2.17. The molecule has 1 unspecified atom stereocenters. The Morgan fingerprint density at radius 2 is 2.05 bits per heavy atom. The molecule has 1 heterocycles. The van der Waals surface area contributed by atoms with Gasteiger partial charge in [0, 0.05) is 11.4 Å². The minimum Gasteiger partial charge on any atom is -0.388 e. The molecule has 0 aliphatic heterocycles. The van der Waals surface area contributed by atoms with Crippen LogP contribution in [0, 0.1) is 13.8 Å². The zero-order valence-electron chi connectivity index (χ0n) is 12.0. The van der Waals surface area contributed by atoms with Crippen LogP contribution in [0.4, 0.5) is 0 Å². The van der Waals surface area contributed by atoms with Crippen LogP contribution in [0.1, 0.15) is 28.5 Å². The second-order valence-electron chi connectivity index (χ2n) is 4.99. The van der Waals surface area contributed by atoms with Gasteiger partial charge >= 0.3 is 0 Å². The summed E-state index contributed by atoms with van der Waals surface area (Å²) in [6.45, 7) is 3.91. The third-order valence-electron chi connectivity index (χ3n) is 3.20. The first-order chi connectivity index (χ1) is 9.90.